The van der Waals surface area contributed by atoms with Gasteiger partial charge in [-0.3, -0.25) is 9.20 Å². The van der Waals surface area contributed by atoms with E-state index in [1.54, 1.807) is 0 Å². The first-order valence-electron chi connectivity index (χ1n) is 4.76. The number of nitrogens with zero attached hydrogens (tertiary/aromatic N) is 2. The van der Waals surface area contributed by atoms with Crippen molar-refractivity contribution in [2.45, 2.75) is 13.3 Å². The number of carbonyl (C=O) groups is 1. The van der Waals surface area contributed by atoms with Crippen LogP contribution >= 0.6 is 0 Å². The zero-order chi connectivity index (χ0) is 11.7. The molecule has 0 saturated carbocycles. The van der Waals surface area contributed by atoms with Crippen LogP contribution in [0.4, 0.5) is 0 Å². The molecular formula is C10H10N2O4. The highest BCUT2D eigenvalue weighted by molar-refractivity contribution is 5.88. The average molecular weight is 222 g/mol. The normalized spacial score (nSPS) is 10.6. The molecule has 0 N–H and O–H groups in total. The molecule has 0 bridgehead atoms. The number of oxazole rings is 1. The van der Waals surface area contributed by atoms with E-state index in [-0.39, 0.29) is 11.5 Å². The number of ether oxygens (including phenoxy) is 1. The van der Waals surface area contributed by atoms with Crippen LogP contribution in [0.5, 0.6) is 0 Å². The molecule has 0 amide bonds. The Bertz CT molecular complexity index is 596. The van der Waals surface area contributed by atoms with Crippen molar-refractivity contribution in [3.05, 3.63) is 34.1 Å². The van der Waals surface area contributed by atoms with Crippen molar-refractivity contribution in [1.29, 1.82) is 0 Å². The van der Waals surface area contributed by atoms with Crippen LogP contribution in [0.15, 0.2) is 21.5 Å². The summed E-state index contributed by atoms with van der Waals surface area (Å²) in [7, 11) is 1.26. The van der Waals surface area contributed by atoms with Gasteiger partial charge in [0.2, 0.25) is 0 Å². The smallest absolute Gasteiger partial charge is 0.355 e. The monoisotopic (exact) mass is 222 g/mol. The van der Waals surface area contributed by atoms with Gasteiger partial charge >= 0.3 is 11.8 Å². The summed E-state index contributed by atoms with van der Waals surface area (Å²) in [5, 5.41) is 0. The van der Waals surface area contributed by atoms with E-state index in [0.29, 0.717) is 6.42 Å². The van der Waals surface area contributed by atoms with Gasteiger partial charge in [-0.25, -0.2) is 4.79 Å². The van der Waals surface area contributed by atoms with Gasteiger partial charge in [-0.2, -0.15) is 4.98 Å². The lowest BCUT2D eigenvalue weighted by Crippen LogP contribution is -2.17. The molecule has 0 spiro atoms. The second-order valence-electron chi connectivity index (χ2n) is 3.17. The molecule has 6 nitrogen and oxygen atoms in total. The van der Waals surface area contributed by atoms with E-state index >= 15 is 0 Å². The van der Waals surface area contributed by atoms with Crippen LogP contribution in [0, 0.1) is 0 Å². The predicted molar refractivity (Wildman–Crippen MR) is 54.4 cm³/mol. The van der Waals surface area contributed by atoms with Crippen molar-refractivity contribution >= 4 is 11.8 Å². The number of aromatic nitrogens is 2. The van der Waals surface area contributed by atoms with Crippen molar-refractivity contribution in [3.63, 3.8) is 0 Å². The quantitative estimate of drug-likeness (QED) is 0.697. The SMILES string of the molecule is CCc1coc2nc(=O)cc(C(=O)OC)n12. The summed E-state index contributed by atoms with van der Waals surface area (Å²) >= 11 is 0. The highest BCUT2D eigenvalue weighted by Gasteiger charge is 2.16. The van der Waals surface area contributed by atoms with Gasteiger partial charge in [-0.15, -0.1) is 0 Å². The molecule has 0 fully saturated rings. The molecule has 16 heavy (non-hydrogen) atoms. The summed E-state index contributed by atoms with van der Waals surface area (Å²) in [5.74, 6) is -0.490. The minimum atomic E-state index is -0.592. The van der Waals surface area contributed by atoms with E-state index in [2.05, 4.69) is 9.72 Å². The van der Waals surface area contributed by atoms with Crippen LogP contribution in [-0.4, -0.2) is 22.5 Å². The summed E-state index contributed by atoms with van der Waals surface area (Å²) in [6.07, 6.45) is 2.12. The zero-order valence-corrected chi connectivity index (χ0v) is 8.89. The van der Waals surface area contributed by atoms with Gasteiger partial charge in [-0.1, -0.05) is 6.92 Å². The average Bonchev–Trinajstić information content (AvgIpc) is 2.69. The number of fused-ring (bicyclic) bond motifs is 1. The lowest BCUT2D eigenvalue weighted by atomic mass is 10.3. The first kappa shape index (κ1) is 10.4. The third-order valence-electron chi connectivity index (χ3n) is 2.24. The Balaban J connectivity index is 2.83. The largest absolute Gasteiger partial charge is 0.464 e. The highest BCUT2D eigenvalue weighted by atomic mass is 16.5. The summed E-state index contributed by atoms with van der Waals surface area (Å²) in [6.45, 7) is 1.91. The second-order valence-corrected chi connectivity index (χ2v) is 3.17. The van der Waals surface area contributed by atoms with E-state index in [1.165, 1.54) is 17.8 Å². The number of rotatable bonds is 2. The Kier molecular flexibility index (Phi) is 2.47. The molecule has 2 rings (SSSR count). The molecule has 2 aromatic rings. The molecule has 84 valence electrons. The molecule has 2 aromatic heterocycles. The number of methoxy groups -OCH3 is 1. The molecular weight excluding hydrogens is 212 g/mol. The summed E-state index contributed by atoms with van der Waals surface area (Å²) in [4.78, 5) is 26.4. The maximum atomic E-state index is 11.5. The fourth-order valence-corrected chi connectivity index (χ4v) is 1.49. The number of esters is 1. The van der Waals surface area contributed by atoms with Crippen LogP contribution in [-0.2, 0) is 11.2 Å². The summed E-state index contributed by atoms with van der Waals surface area (Å²) in [6, 6.07) is 1.13. The number of hydrogen-bond acceptors (Lipinski definition) is 5. The molecule has 0 unspecified atom stereocenters. The van der Waals surface area contributed by atoms with Crippen molar-refractivity contribution < 1.29 is 13.9 Å². The molecule has 0 aliphatic rings. The van der Waals surface area contributed by atoms with Crippen molar-refractivity contribution in [2.24, 2.45) is 0 Å². The Morgan fingerprint density at radius 3 is 3.00 bits per heavy atom. The Morgan fingerprint density at radius 1 is 1.62 bits per heavy atom. The number of carbonyl (C=O) groups excluding carboxylic acids is 1. The molecule has 0 aliphatic heterocycles. The van der Waals surface area contributed by atoms with Gasteiger partial charge in [0.25, 0.3) is 5.56 Å². The summed E-state index contributed by atoms with van der Waals surface area (Å²) in [5.41, 5.74) is 0.350. The fraction of sp³-hybridized carbons (Fsp3) is 0.300. The number of aryl methyl sites for hydroxylation is 1. The zero-order valence-electron chi connectivity index (χ0n) is 8.89. The van der Waals surface area contributed by atoms with Crippen molar-refractivity contribution in [2.75, 3.05) is 7.11 Å². The Labute approximate surface area is 90.5 Å². The highest BCUT2D eigenvalue weighted by Crippen LogP contribution is 2.11. The minimum Gasteiger partial charge on any atom is -0.464 e. The third kappa shape index (κ3) is 1.48. The van der Waals surface area contributed by atoms with Crippen LogP contribution < -0.4 is 5.56 Å². The van der Waals surface area contributed by atoms with Gasteiger partial charge in [-0.05, 0) is 6.42 Å². The maximum Gasteiger partial charge on any atom is 0.355 e. The van der Waals surface area contributed by atoms with Crippen LogP contribution in [0.3, 0.4) is 0 Å². The van der Waals surface area contributed by atoms with Crippen LogP contribution in [0.25, 0.3) is 5.84 Å². The standard InChI is InChI=1S/C10H10N2O4/c1-3-6-5-16-10-11-8(13)4-7(12(6)10)9(14)15-2/h4-5H,3H2,1-2H3. The van der Waals surface area contributed by atoms with E-state index in [4.69, 9.17) is 4.42 Å². The fourth-order valence-electron chi connectivity index (χ4n) is 1.49. The topological polar surface area (TPSA) is 73.8 Å². The Hall–Kier alpha value is -2.11. The maximum absolute atomic E-state index is 11.5. The van der Waals surface area contributed by atoms with Crippen LogP contribution in [0.1, 0.15) is 23.1 Å². The molecule has 0 atom stereocenters. The van der Waals surface area contributed by atoms with E-state index < -0.39 is 11.5 Å². The van der Waals surface area contributed by atoms with Crippen molar-refractivity contribution in [3.8, 4) is 0 Å². The first-order chi connectivity index (χ1) is 7.67. The van der Waals surface area contributed by atoms with E-state index in [1.807, 2.05) is 6.92 Å². The van der Waals surface area contributed by atoms with Crippen molar-refractivity contribution in [1.82, 2.24) is 9.38 Å². The lowest BCUT2D eigenvalue weighted by Gasteiger charge is -2.03. The minimum absolute atomic E-state index is 0.102. The third-order valence-corrected chi connectivity index (χ3v) is 2.24. The molecule has 0 aliphatic carbocycles. The van der Waals surface area contributed by atoms with Gasteiger partial charge < -0.3 is 9.15 Å². The molecule has 0 saturated heterocycles. The second kappa shape index (κ2) is 3.80. The molecule has 2 heterocycles. The van der Waals surface area contributed by atoms with Gasteiger partial charge in [0, 0.05) is 6.07 Å². The van der Waals surface area contributed by atoms with Gasteiger partial charge in [0.05, 0.1) is 12.8 Å². The van der Waals surface area contributed by atoms with E-state index in [0.717, 1.165) is 11.8 Å². The number of hydrogen-bond donors (Lipinski definition) is 0. The predicted octanol–water partition coefficient (Wildman–Crippen LogP) is 0.637. The van der Waals surface area contributed by atoms with Crippen LogP contribution in [0.2, 0.25) is 0 Å². The molecule has 0 radical (unpaired) electrons. The lowest BCUT2D eigenvalue weighted by molar-refractivity contribution is 0.0591. The van der Waals surface area contributed by atoms with Gasteiger partial charge in [0.15, 0.2) is 0 Å². The first-order valence-corrected chi connectivity index (χ1v) is 4.76. The van der Waals surface area contributed by atoms with Gasteiger partial charge in [0.1, 0.15) is 12.0 Å². The molecule has 6 heteroatoms. The summed E-state index contributed by atoms with van der Waals surface area (Å²) < 4.78 is 11.2. The van der Waals surface area contributed by atoms with E-state index in [9.17, 15) is 9.59 Å². The Morgan fingerprint density at radius 2 is 2.38 bits per heavy atom. The molecule has 0 aromatic carbocycles.